The molecule has 3 aromatic rings. The SMILES string of the molecule is Cc1cc(-c2ccncc2)nn1S(=O)(=O)Oc1ccccc1. The van der Waals surface area contributed by atoms with Gasteiger partial charge in [0.1, 0.15) is 5.75 Å². The van der Waals surface area contributed by atoms with E-state index in [-0.39, 0.29) is 5.75 Å². The Balaban J connectivity index is 1.96. The summed E-state index contributed by atoms with van der Waals surface area (Å²) in [6.07, 6.45) is 3.25. The molecule has 0 aliphatic rings. The van der Waals surface area contributed by atoms with E-state index in [1.807, 2.05) is 0 Å². The van der Waals surface area contributed by atoms with Gasteiger partial charge in [0.25, 0.3) is 0 Å². The Bertz CT molecular complexity index is 875. The van der Waals surface area contributed by atoms with Crippen LogP contribution in [0.25, 0.3) is 11.3 Å². The average molecular weight is 315 g/mol. The van der Waals surface area contributed by atoms with Crippen LogP contribution in [-0.4, -0.2) is 22.6 Å². The lowest BCUT2D eigenvalue weighted by Crippen LogP contribution is -2.21. The second-order valence-corrected chi connectivity index (χ2v) is 5.97. The van der Waals surface area contributed by atoms with Gasteiger partial charge in [0.2, 0.25) is 0 Å². The third kappa shape index (κ3) is 2.84. The lowest BCUT2D eigenvalue weighted by atomic mass is 10.2. The Hall–Kier alpha value is -2.67. The van der Waals surface area contributed by atoms with Crippen molar-refractivity contribution in [3.8, 4) is 17.0 Å². The number of hydrogen-bond acceptors (Lipinski definition) is 5. The van der Waals surface area contributed by atoms with Crippen molar-refractivity contribution in [3.05, 3.63) is 66.6 Å². The van der Waals surface area contributed by atoms with E-state index in [4.69, 9.17) is 4.18 Å². The summed E-state index contributed by atoms with van der Waals surface area (Å²) in [4.78, 5) is 3.93. The minimum absolute atomic E-state index is 0.239. The number of aryl methyl sites for hydroxylation is 1. The first kappa shape index (κ1) is 14.3. The molecule has 2 aromatic heterocycles. The summed E-state index contributed by atoms with van der Waals surface area (Å²) in [6, 6.07) is 13.5. The molecular formula is C15H13N3O3S. The Morgan fingerprint density at radius 2 is 1.73 bits per heavy atom. The van der Waals surface area contributed by atoms with Crippen LogP contribution in [0.4, 0.5) is 0 Å². The quantitative estimate of drug-likeness (QED) is 0.739. The summed E-state index contributed by atoms with van der Waals surface area (Å²) in [5.74, 6) is 0.239. The first-order chi connectivity index (χ1) is 10.6. The van der Waals surface area contributed by atoms with Gasteiger partial charge in [-0.25, -0.2) is 0 Å². The maximum Gasteiger partial charge on any atom is 0.429 e. The standard InChI is InChI=1S/C15H13N3O3S/c1-12-11-15(13-7-9-16-10-8-13)17-18(12)22(19,20)21-14-5-3-2-4-6-14/h2-11H,1H3. The number of pyridine rings is 1. The fourth-order valence-corrected chi connectivity index (χ4v) is 3.00. The van der Waals surface area contributed by atoms with Gasteiger partial charge in [0, 0.05) is 18.0 Å². The highest BCUT2D eigenvalue weighted by atomic mass is 32.2. The molecule has 3 rings (SSSR count). The van der Waals surface area contributed by atoms with Gasteiger partial charge in [-0.05, 0) is 37.3 Å². The molecule has 0 saturated carbocycles. The highest BCUT2D eigenvalue weighted by molar-refractivity contribution is 7.85. The molecular weight excluding hydrogens is 302 g/mol. The van der Waals surface area contributed by atoms with Gasteiger partial charge in [0.15, 0.2) is 0 Å². The molecule has 0 aliphatic heterocycles. The largest absolute Gasteiger partial charge is 0.429 e. The average Bonchev–Trinajstić information content (AvgIpc) is 2.92. The number of para-hydroxylation sites is 1. The van der Waals surface area contributed by atoms with Gasteiger partial charge < -0.3 is 4.18 Å². The van der Waals surface area contributed by atoms with Crippen LogP contribution in [0.1, 0.15) is 5.69 Å². The maximum atomic E-state index is 12.3. The van der Waals surface area contributed by atoms with Crippen LogP contribution >= 0.6 is 0 Å². The molecule has 0 unspecified atom stereocenters. The number of hydrogen-bond donors (Lipinski definition) is 0. The first-order valence-electron chi connectivity index (χ1n) is 6.53. The fraction of sp³-hybridized carbons (Fsp3) is 0.0667. The van der Waals surface area contributed by atoms with E-state index in [0.29, 0.717) is 11.4 Å². The lowest BCUT2D eigenvalue weighted by Gasteiger charge is -2.07. The summed E-state index contributed by atoms with van der Waals surface area (Å²) in [5.41, 5.74) is 1.79. The number of aromatic nitrogens is 3. The fourth-order valence-electron chi connectivity index (χ4n) is 1.98. The Kier molecular flexibility index (Phi) is 3.64. The topological polar surface area (TPSA) is 74.1 Å². The van der Waals surface area contributed by atoms with Crippen LogP contribution in [0.15, 0.2) is 60.9 Å². The van der Waals surface area contributed by atoms with Gasteiger partial charge in [-0.1, -0.05) is 18.2 Å². The molecule has 0 bridgehead atoms. The second-order valence-electron chi connectivity index (χ2n) is 4.60. The molecule has 0 N–H and O–H groups in total. The van der Waals surface area contributed by atoms with E-state index >= 15 is 0 Å². The van der Waals surface area contributed by atoms with Crippen LogP contribution in [0.3, 0.4) is 0 Å². The highest BCUT2D eigenvalue weighted by Gasteiger charge is 2.20. The molecule has 0 saturated heterocycles. The Labute approximate surface area is 128 Å². The van der Waals surface area contributed by atoms with E-state index in [0.717, 1.165) is 9.65 Å². The zero-order valence-corrected chi connectivity index (χ0v) is 12.6. The van der Waals surface area contributed by atoms with Crippen molar-refractivity contribution in [1.82, 2.24) is 14.2 Å². The summed E-state index contributed by atoms with van der Waals surface area (Å²) in [5, 5.41) is 4.12. The van der Waals surface area contributed by atoms with Crippen LogP contribution in [-0.2, 0) is 10.3 Å². The minimum Gasteiger partial charge on any atom is -0.366 e. The monoisotopic (exact) mass is 315 g/mol. The van der Waals surface area contributed by atoms with Crippen LogP contribution in [0.2, 0.25) is 0 Å². The van der Waals surface area contributed by atoms with Crippen LogP contribution < -0.4 is 4.18 Å². The minimum atomic E-state index is -4.04. The molecule has 7 heteroatoms. The molecule has 0 atom stereocenters. The summed E-state index contributed by atoms with van der Waals surface area (Å²) in [7, 11) is -4.04. The first-order valence-corrected chi connectivity index (χ1v) is 7.90. The molecule has 22 heavy (non-hydrogen) atoms. The van der Waals surface area contributed by atoms with Crippen molar-refractivity contribution in [2.75, 3.05) is 0 Å². The van der Waals surface area contributed by atoms with Crippen molar-refractivity contribution in [2.24, 2.45) is 0 Å². The van der Waals surface area contributed by atoms with E-state index < -0.39 is 10.3 Å². The van der Waals surface area contributed by atoms with Gasteiger partial charge >= 0.3 is 10.3 Å². The zero-order valence-electron chi connectivity index (χ0n) is 11.7. The van der Waals surface area contributed by atoms with Crippen molar-refractivity contribution >= 4 is 10.3 Å². The van der Waals surface area contributed by atoms with E-state index in [1.54, 1.807) is 67.8 Å². The second kappa shape index (κ2) is 5.61. The smallest absolute Gasteiger partial charge is 0.366 e. The molecule has 0 aliphatic carbocycles. The number of rotatable bonds is 4. The number of nitrogens with zero attached hydrogens (tertiary/aromatic N) is 3. The Morgan fingerprint density at radius 3 is 2.41 bits per heavy atom. The maximum absolute atomic E-state index is 12.3. The Morgan fingerprint density at radius 1 is 1.05 bits per heavy atom. The summed E-state index contributed by atoms with van der Waals surface area (Å²) >= 11 is 0. The molecule has 0 amide bonds. The summed E-state index contributed by atoms with van der Waals surface area (Å²) in [6.45, 7) is 1.66. The van der Waals surface area contributed by atoms with Crippen LogP contribution in [0.5, 0.6) is 5.75 Å². The predicted octanol–water partition coefficient (Wildman–Crippen LogP) is 2.43. The van der Waals surface area contributed by atoms with Crippen LogP contribution in [0, 0.1) is 6.92 Å². The van der Waals surface area contributed by atoms with E-state index in [1.165, 1.54) is 0 Å². The normalized spacial score (nSPS) is 11.3. The number of benzene rings is 1. The lowest BCUT2D eigenvalue weighted by molar-refractivity contribution is 0.468. The third-order valence-electron chi connectivity index (χ3n) is 2.98. The van der Waals surface area contributed by atoms with E-state index in [9.17, 15) is 8.42 Å². The van der Waals surface area contributed by atoms with Crippen molar-refractivity contribution in [1.29, 1.82) is 0 Å². The van der Waals surface area contributed by atoms with Crippen molar-refractivity contribution < 1.29 is 12.6 Å². The highest BCUT2D eigenvalue weighted by Crippen LogP contribution is 2.20. The van der Waals surface area contributed by atoms with Crippen molar-refractivity contribution in [3.63, 3.8) is 0 Å². The van der Waals surface area contributed by atoms with Gasteiger partial charge in [-0.2, -0.15) is 13.5 Å². The molecule has 2 heterocycles. The molecule has 1 aromatic carbocycles. The van der Waals surface area contributed by atoms with Gasteiger partial charge in [0.05, 0.1) is 11.4 Å². The molecule has 6 nitrogen and oxygen atoms in total. The summed E-state index contributed by atoms with van der Waals surface area (Å²) < 4.78 is 30.6. The van der Waals surface area contributed by atoms with Gasteiger partial charge in [-0.15, -0.1) is 4.09 Å². The van der Waals surface area contributed by atoms with Gasteiger partial charge in [-0.3, -0.25) is 4.98 Å². The molecule has 0 radical (unpaired) electrons. The predicted molar refractivity (Wildman–Crippen MR) is 81.6 cm³/mol. The van der Waals surface area contributed by atoms with E-state index in [2.05, 4.69) is 10.1 Å². The molecule has 112 valence electrons. The third-order valence-corrected chi connectivity index (χ3v) is 4.17. The van der Waals surface area contributed by atoms with Crippen molar-refractivity contribution in [2.45, 2.75) is 6.92 Å². The zero-order chi connectivity index (χ0) is 15.6. The molecule has 0 fully saturated rings. The molecule has 0 spiro atoms.